The number of aliphatic carboxylic acids is 1. The van der Waals surface area contributed by atoms with Crippen molar-refractivity contribution < 1.29 is 24.5 Å². The summed E-state index contributed by atoms with van der Waals surface area (Å²) in [7, 11) is 0. The topological polar surface area (TPSA) is 76.0 Å². The van der Waals surface area contributed by atoms with Crippen molar-refractivity contribution in [3.05, 3.63) is 71.8 Å². The van der Waals surface area contributed by atoms with Crippen LogP contribution in [0.3, 0.4) is 0 Å². The monoisotopic (exact) mass is 540 g/mol. The SMILES string of the molecule is CCCCCC(CCCC(CCCCCCC(=O)O)C(O)CCOCc1ccccc1)OCc1ccccc1. The van der Waals surface area contributed by atoms with Gasteiger partial charge in [-0.1, -0.05) is 113 Å². The van der Waals surface area contributed by atoms with Crippen molar-refractivity contribution in [3.8, 4) is 0 Å². The molecule has 0 aliphatic rings. The summed E-state index contributed by atoms with van der Waals surface area (Å²) in [6.07, 6.45) is 13.2. The summed E-state index contributed by atoms with van der Waals surface area (Å²) in [5, 5.41) is 19.9. The maximum atomic E-state index is 11.1. The van der Waals surface area contributed by atoms with E-state index in [9.17, 15) is 9.90 Å². The minimum Gasteiger partial charge on any atom is -0.481 e. The molecule has 0 saturated heterocycles. The first kappa shape index (κ1) is 33.0. The second-order valence-electron chi connectivity index (χ2n) is 10.8. The van der Waals surface area contributed by atoms with Gasteiger partial charge in [-0.15, -0.1) is 0 Å². The second kappa shape index (κ2) is 21.6. The molecule has 5 heteroatoms. The van der Waals surface area contributed by atoms with Crippen molar-refractivity contribution in [1.29, 1.82) is 0 Å². The van der Waals surface area contributed by atoms with Gasteiger partial charge in [0.15, 0.2) is 0 Å². The van der Waals surface area contributed by atoms with Crippen molar-refractivity contribution in [2.75, 3.05) is 6.61 Å². The molecular formula is C34H52O5. The van der Waals surface area contributed by atoms with Crippen LogP contribution in [0.4, 0.5) is 0 Å². The van der Waals surface area contributed by atoms with E-state index in [0.717, 1.165) is 63.4 Å². The van der Waals surface area contributed by atoms with E-state index in [2.05, 4.69) is 43.3 Å². The summed E-state index contributed by atoms with van der Waals surface area (Å²) in [4.78, 5) is 10.8. The molecule has 0 aliphatic carbocycles. The van der Waals surface area contributed by atoms with E-state index in [0.29, 0.717) is 26.2 Å². The van der Waals surface area contributed by atoms with E-state index >= 15 is 0 Å². The third-order valence-corrected chi connectivity index (χ3v) is 7.49. The number of hydrogen-bond acceptors (Lipinski definition) is 4. The Kier molecular flexibility index (Phi) is 18.3. The molecule has 0 fully saturated rings. The first-order valence-corrected chi connectivity index (χ1v) is 15.3. The molecule has 0 radical (unpaired) electrons. The first-order valence-electron chi connectivity index (χ1n) is 15.3. The zero-order chi connectivity index (χ0) is 28.0. The van der Waals surface area contributed by atoms with Crippen LogP contribution in [0, 0.1) is 5.92 Å². The molecule has 0 aliphatic heterocycles. The largest absolute Gasteiger partial charge is 0.481 e. The van der Waals surface area contributed by atoms with Crippen LogP contribution in [0.2, 0.25) is 0 Å². The zero-order valence-corrected chi connectivity index (χ0v) is 24.1. The van der Waals surface area contributed by atoms with Crippen LogP contribution >= 0.6 is 0 Å². The number of rotatable bonds is 24. The Labute approximate surface area is 236 Å². The number of aliphatic hydroxyl groups is 1. The van der Waals surface area contributed by atoms with Crippen molar-refractivity contribution in [2.24, 2.45) is 5.92 Å². The van der Waals surface area contributed by atoms with Crippen molar-refractivity contribution in [1.82, 2.24) is 0 Å². The first-order chi connectivity index (χ1) is 19.1. The highest BCUT2D eigenvalue weighted by Crippen LogP contribution is 2.25. The smallest absolute Gasteiger partial charge is 0.303 e. The molecule has 3 unspecified atom stereocenters. The zero-order valence-electron chi connectivity index (χ0n) is 24.1. The number of carbonyl (C=O) groups is 1. The lowest BCUT2D eigenvalue weighted by Gasteiger charge is -2.25. The molecule has 0 heterocycles. The van der Waals surface area contributed by atoms with E-state index in [1.54, 1.807) is 0 Å². The summed E-state index contributed by atoms with van der Waals surface area (Å²) in [6.45, 7) is 4.00. The molecule has 0 bridgehead atoms. The normalized spacial score (nSPS) is 13.7. The predicted octanol–water partition coefficient (Wildman–Crippen LogP) is 8.33. The van der Waals surface area contributed by atoms with E-state index in [1.165, 1.54) is 24.8 Å². The molecular weight excluding hydrogens is 488 g/mol. The molecule has 0 aromatic heterocycles. The molecule has 2 aromatic rings. The highest BCUT2D eigenvalue weighted by molar-refractivity contribution is 5.66. The highest BCUT2D eigenvalue weighted by Gasteiger charge is 2.20. The third-order valence-electron chi connectivity index (χ3n) is 7.49. The summed E-state index contributed by atoms with van der Waals surface area (Å²) in [5.74, 6) is -0.489. The van der Waals surface area contributed by atoms with Crippen LogP contribution in [0.5, 0.6) is 0 Å². The van der Waals surface area contributed by atoms with Crippen molar-refractivity contribution in [2.45, 2.75) is 122 Å². The van der Waals surface area contributed by atoms with Crippen LogP contribution < -0.4 is 0 Å². The highest BCUT2D eigenvalue weighted by atomic mass is 16.5. The lowest BCUT2D eigenvalue weighted by Crippen LogP contribution is -2.23. The predicted molar refractivity (Wildman–Crippen MR) is 159 cm³/mol. The van der Waals surface area contributed by atoms with Crippen LogP contribution in [-0.4, -0.2) is 35.0 Å². The summed E-state index contributed by atoms with van der Waals surface area (Å²) >= 11 is 0. The molecule has 3 atom stereocenters. The lowest BCUT2D eigenvalue weighted by atomic mass is 9.88. The van der Waals surface area contributed by atoms with E-state index in [-0.39, 0.29) is 24.5 Å². The van der Waals surface area contributed by atoms with Gasteiger partial charge in [-0.05, 0) is 55.6 Å². The number of hydrogen-bond donors (Lipinski definition) is 2. The number of carboxylic acids is 1. The Balaban J connectivity index is 1.81. The van der Waals surface area contributed by atoms with Gasteiger partial charge in [-0.3, -0.25) is 4.79 Å². The van der Waals surface area contributed by atoms with Gasteiger partial charge in [0.2, 0.25) is 0 Å². The third kappa shape index (κ3) is 16.5. The fourth-order valence-corrected chi connectivity index (χ4v) is 5.10. The fourth-order valence-electron chi connectivity index (χ4n) is 5.10. The fraction of sp³-hybridized carbons (Fsp3) is 0.618. The van der Waals surface area contributed by atoms with Gasteiger partial charge >= 0.3 is 5.97 Å². The summed E-state index contributed by atoms with van der Waals surface area (Å²) in [6, 6.07) is 20.5. The van der Waals surface area contributed by atoms with E-state index in [4.69, 9.17) is 14.6 Å². The Bertz CT molecular complexity index is 841. The van der Waals surface area contributed by atoms with E-state index < -0.39 is 5.97 Å². The molecule has 5 nitrogen and oxygen atoms in total. The maximum absolute atomic E-state index is 11.1. The molecule has 0 saturated carbocycles. The Hall–Kier alpha value is -2.21. The summed E-state index contributed by atoms with van der Waals surface area (Å²) < 4.78 is 12.2. The average molecular weight is 541 g/mol. The lowest BCUT2D eigenvalue weighted by molar-refractivity contribution is -0.137. The molecule has 2 aromatic carbocycles. The molecule has 0 amide bonds. The van der Waals surface area contributed by atoms with Crippen molar-refractivity contribution >= 4 is 5.97 Å². The van der Waals surface area contributed by atoms with Gasteiger partial charge in [-0.2, -0.15) is 0 Å². The number of aliphatic hydroxyl groups excluding tert-OH is 1. The number of benzene rings is 2. The van der Waals surface area contributed by atoms with Gasteiger partial charge < -0.3 is 19.7 Å². The molecule has 218 valence electrons. The molecule has 0 spiro atoms. The molecule has 2 rings (SSSR count). The van der Waals surface area contributed by atoms with Crippen molar-refractivity contribution in [3.63, 3.8) is 0 Å². The molecule has 2 N–H and O–H groups in total. The number of ether oxygens (including phenoxy) is 2. The second-order valence-corrected chi connectivity index (χ2v) is 10.8. The Morgan fingerprint density at radius 2 is 1.31 bits per heavy atom. The number of carboxylic acid groups (broad SMARTS) is 1. The Morgan fingerprint density at radius 3 is 1.97 bits per heavy atom. The van der Waals surface area contributed by atoms with Crippen LogP contribution in [0.15, 0.2) is 60.7 Å². The van der Waals surface area contributed by atoms with Gasteiger partial charge in [0.25, 0.3) is 0 Å². The Morgan fingerprint density at radius 1 is 0.718 bits per heavy atom. The van der Waals surface area contributed by atoms with Crippen LogP contribution in [0.25, 0.3) is 0 Å². The van der Waals surface area contributed by atoms with Gasteiger partial charge in [0.1, 0.15) is 0 Å². The van der Waals surface area contributed by atoms with Gasteiger partial charge in [-0.25, -0.2) is 0 Å². The molecule has 39 heavy (non-hydrogen) atoms. The minimum atomic E-state index is -0.721. The van der Waals surface area contributed by atoms with E-state index in [1.807, 2.05) is 24.3 Å². The quantitative estimate of drug-likeness (QED) is 0.131. The van der Waals surface area contributed by atoms with Gasteiger partial charge in [0, 0.05) is 13.0 Å². The average Bonchev–Trinajstić information content (AvgIpc) is 2.95. The van der Waals surface area contributed by atoms with Crippen LogP contribution in [0.1, 0.15) is 108 Å². The van der Waals surface area contributed by atoms with Gasteiger partial charge in [0.05, 0.1) is 25.4 Å². The minimum absolute atomic E-state index is 0.232. The summed E-state index contributed by atoms with van der Waals surface area (Å²) in [5.41, 5.74) is 2.36. The maximum Gasteiger partial charge on any atom is 0.303 e. The van der Waals surface area contributed by atoms with Crippen LogP contribution in [-0.2, 0) is 27.5 Å². The number of unbranched alkanes of at least 4 members (excludes halogenated alkanes) is 5. The standard InChI is InChI=1S/C34H52O5/c1-2-3-8-22-32(39-28-30-18-11-7-12-19-30)23-15-21-31(20-13-4-5-14-24-34(36)37)33(35)25-26-38-27-29-16-9-6-10-17-29/h6-7,9-12,16-19,31-33,35H,2-5,8,13-15,20-28H2,1H3,(H,36,37).